The first-order chi connectivity index (χ1) is 8.22. The Morgan fingerprint density at radius 2 is 2.47 bits per heavy atom. The van der Waals surface area contributed by atoms with Crippen LogP contribution in [0.2, 0.25) is 4.34 Å². The minimum Gasteiger partial charge on any atom is -0.468 e. The van der Waals surface area contributed by atoms with Crippen LogP contribution in [0.15, 0.2) is 0 Å². The predicted octanol–water partition coefficient (Wildman–Crippen LogP) is 1.72. The minimum absolute atomic E-state index is 0.175. The molecular weight excluding hydrogens is 262 g/mol. The smallest absolute Gasteiger partial charge is 0.323 e. The van der Waals surface area contributed by atoms with Gasteiger partial charge in [-0.1, -0.05) is 22.5 Å². The summed E-state index contributed by atoms with van der Waals surface area (Å²) in [7, 11) is 1.42. The van der Waals surface area contributed by atoms with E-state index < -0.39 is 0 Å². The second-order valence-electron chi connectivity index (χ2n) is 4.00. The van der Waals surface area contributed by atoms with Crippen molar-refractivity contribution in [3.05, 3.63) is 10.0 Å². The topological polar surface area (TPSA) is 55.3 Å². The molecule has 1 unspecified atom stereocenters. The van der Waals surface area contributed by atoms with E-state index in [2.05, 4.69) is 14.5 Å². The van der Waals surface area contributed by atoms with Crippen molar-refractivity contribution in [3.63, 3.8) is 0 Å². The molecule has 1 saturated heterocycles. The number of halogens is 1. The standard InChI is InChI=1S/C10H14ClN3O2S/c1-16-10(15)8-4-2-3-5-14(8)6-7-9(11)17-13-12-7/h8H,2-6H2,1H3. The lowest BCUT2D eigenvalue weighted by Crippen LogP contribution is -2.44. The average Bonchev–Trinajstić information content (AvgIpc) is 2.75. The number of carbonyl (C=O) groups is 1. The van der Waals surface area contributed by atoms with Crippen LogP contribution in [-0.4, -0.2) is 40.2 Å². The molecule has 1 aromatic heterocycles. The number of aromatic nitrogens is 2. The number of piperidine rings is 1. The van der Waals surface area contributed by atoms with Gasteiger partial charge in [0, 0.05) is 18.1 Å². The Bertz CT molecular complexity index is 399. The Kier molecular flexibility index (Phi) is 4.31. The van der Waals surface area contributed by atoms with Crippen molar-refractivity contribution in [1.29, 1.82) is 0 Å². The monoisotopic (exact) mass is 275 g/mol. The van der Waals surface area contributed by atoms with Gasteiger partial charge in [0.25, 0.3) is 0 Å². The molecule has 2 rings (SSSR count). The minimum atomic E-state index is -0.177. The molecule has 5 nitrogen and oxygen atoms in total. The Morgan fingerprint density at radius 3 is 3.12 bits per heavy atom. The highest BCUT2D eigenvalue weighted by molar-refractivity contribution is 7.10. The Balaban J connectivity index is 2.06. The number of nitrogens with zero attached hydrogens (tertiary/aromatic N) is 3. The Hall–Kier alpha value is -0.720. The van der Waals surface area contributed by atoms with Crippen molar-refractivity contribution in [2.45, 2.75) is 31.8 Å². The Labute approximate surface area is 109 Å². The fourth-order valence-electron chi connectivity index (χ4n) is 2.07. The van der Waals surface area contributed by atoms with Crippen LogP contribution in [0.3, 0.4) is 0 Å². The number of hydrogen-bond acceptors (Lipinski definition) is 6. The molecule has 94 valence electrons. The molecule has 0 radical (unpaired) electrons. The van der Waals surface area contributed by atoms with Gasteiger partial charge in [-0.2, -0.15) is 0 Å². The van der Waals surface area contributed by atoms with Crippen molar-refractivity contribution < 1.29 is 9.53 Å². The average molecular weight is 276 g/mol. The second kappa shape index (κ2) is 5.75. The molecule has 0 aromatic carbocycles. The molecule has 1 aliphatic heterocycles. The van der Waals surface area contributed by atoms with Gasteiger partial charge in [-0.05, 0) is 19.4 Å². The van der Waals surface area contributed by atoms with Gasteiger partial charge >= 0.3 is 5.97 Å². The summed E-state index contributed by atoms with van der Waals surface area (Å²) in [6.07, 6.45) is 2.98. The first-order valence-corrected chi connectivity index (χ1v) is 6.66. The summed E-state index contributed by atoms with van der Waals surface area (Å²) in [5.74, 6) is -0.177. The van der Waals surface area contributed by atoms with Gasteiger partial charge in [0.2, 0.25) is 0 Å². The lowest BCUT2D eigenvalue weighted by atomic mass is 10.0. The maximum absolute atomic E-state index is 11.7. The van der Waals surface area contributed by atoms with Crippen LogP contribution in [0.1, 0.15) is 25.0 Å². The van der Waals surface area contributed by atoms with Crippen molar-refractivity contribution in [3.8, 4) is 0 Å². The maximum Gasteiger partial charge on any atom is 0.323 e. The molecule has 0 aliphatic carbocycles. The normalized spacial score (nSPS) is 21.4. The molecule has 0 amide bonds. The molecule has 0 N–H and O–H groups in total. The van der Waals surface area contributed by atoms with E-state index in [-0.39, 0.29) is 12.0 Å². The highest BCUT2D eigenvalue weighted by atomic mass is 35.5. The quantitative estimate of drug-likeness (QED) is 0.786. The molecule has 1 aromatic rings. The van der Waals surface area contributed by atoms with E-state index in [9.17, 15) is 4.79 Å². The van der Waals surface area contributed by atoms with Gasteiger partial charge in [-0.3, -0.25) is 9.69 Å². The van der Waals surface area contributed by atoms with Crippen LogP contribution >= 0.6 is 23.1 Å². The highest BCUT2D eigenvalue weighted by Gasteiger charge is 2.30. The third-order valence-corrected chi connectivity index (χ3v) is 3.93. The number of ether oxygens (including phenoxy) is 1. The number of carbonyl (C=O) groups excluding carboxylic acids is 1. The predicted molar refractivity (Wildman–Crippen MR) is 65.0 cm³/mol. The number of hydrogen-bond donors (Lipinski definition) is 0. The van der Waals surface area contributed by atoms with E-state index >= 15 is 0 Å². The number of rotatable bonds is 3. The summed E-state index contributed by atoms with van der Waals surface area (Å²) >= 11 is 7.14. The molecule has 2 heterocycles. The maximum atomic E-state index is 11.7. The lowest BCUT2D eigenvalue weighted by Gasteiger charge is -2.32. The van der Waals surface area contributed by atoms with Gasteiger partial charge in [0.1, 0.15) is 16.1 Å². The molecule has 1 fully saturated rings. The highest BCUT2D eigenvalue weighted by Crippen LogP contribution is 2.24. The van der Waals surface area contributed by atoms with E-state index in [0.717, 1.165) is 31.5 Å². The van der Waals surface area contributed by atoms with Gasteiger partial charge in [0.15, 0.2) is 0 Å². The molecule has 17 heavy (non-hydrogen) atoms. The largest absolute Gasteiger partial charge is 0.468 e. The zero-order chi connectivity index (χ0) is 12.3. The summed E-state index contributed by atoms with van der Waals surface area (Å²) in [6, 6.07) is -0.175. The number of likely N-dealkylation sites (tertiary alicyclic amines) is 1. The zero-order valence-electron chi connectivity index (χ0n) is 9.56. The van der Waals surface area contributed by atoms with Gasteiger partial charge in [-0.25, -0.2) is 0 Å². The second-order valence-corrected chi connectivity index (χ2v) is 5.35. The SMILES string of the molecule is COC(=O)C1CCCCN1Cc1nnsc1Cl. The number of esters is 1. The van der Waals surface area contributed by atoms with E-state index in [1.54, 1.807) is 0 Å². The van der Waals surface area contributed by atoms with Crippen LogP contribution in [0.5, 0.6) is 0 Å². The number of methoxy groups -OCH3 is 1. The van der Waals surface area contributed by atoms with E-state index in [1.807, 2.05) is 0 Å². The van der Waals surface area contributed by atoms with Gasteiger partial charge < -0.3 is 4.74 Å². The van der Waals surface area contributed by atoms with Crippen molar-refractivity contribution in [1.82, 2.24) is 14.5 Å². The lowest BCUT2D eigenvalue weighted by molar-refractivity contribution is -0.148. The van der Waals surface area contributed by atoms with E-state index in [0.29, 0.717) is 10.9 Å². The molecule has 1 atom stereocenters. The fraction of sp³-hybridized carbons (Fsp3) is 0.700. The molecular formula is C10H14ClN3O2S. The summed E-state index contributed by atoms with van der Waals surface area (Å²) in [5.41, 5.74) is 0.743. The molecule has 1 aliphatic rings. The van der Waals surface area contributed by atoms with E-state index in [4.69, 9.17) is 16.3 Å². The third kappa shape index (κ3) is 2.94. The molecule has 0 saturated carbocycles. The van der Waals surface area contributed by atoms with Crippen LogP contribution in [0.4, 0.5) is 0 Å². The van der Waals surface area contributed by atoms with Crippen LogP contribution in [0, 0.1) is 0 Å². The third-order valence-electron chi connectivity index (χ3n) is 2.95. The molecule has 7 heteroatoms. The van der Waals surface area contributed by atoms with Gasteiger partial charge in [0.05, 0.1) is 7.11 Å². The van der Waals surface area contributed by atoms with Crippen molar-refractivity contribution in [2.75, 3.05) is 13.7 Å². The van der Waals surface area contributed by atoms with Crippen LogP contribution in [0.25, 0.3) is 0 Å². The zero-order valence-corrected chi connectivity index (χ0v) is 11.1. The summed E-state index contributed by atoms with van der Waals surface area (Å²) in [6.45, 7) is 1.43. The Morgan fingerprint density at radius 1 is 1.65 bits per heavy atom. The molecule has 0 spiro atoms. The van der Waals surface area contributed by atoms with E-state index in [1.165, 1.54) is 18.6 Å². The fourth-order valence-corrected chi connectivity index (χ4v) is 2.68. The van der Waals surface area contributed by atoms with Crippen LogP contribution in [-0.2, 0) is 16.1 Å². The summed E-state index contributed by atoms with van der Waals surface area (Å²) in [5, 5.41) is 3.97. The van der Waals surface area contributed by atoms with Crippen LogP contribution < -0.4 is 0 Å². The van der Waals surface area contributed by atoms with Crippen molar-refractivity contribution >= 4 is 29.1 Å². The summed E-state index contributed by atoms with van der Waals surface area (Å²) < 4.78 is 9.21. The summed E-state index contributed by atoms with van der Waals surface area (Å²) in [4.78, 5) is 13.7. The van der Waals surface area contributed by atoms with Gasteiger partial charge in [-0.15, -0.1) is 5.10 Å². The van der Waals surface area contributed by atoms with Crippen molar-refractivity contribution in [2.24, 2.45) is 0 Å². The molecule has 0 bridgehead atoms. The first-order valence-electron chi connectivity index (χ1n) is 5.51. The first kappa shape index (κ1) is 12.7.